The van der Waals surface area contributed by atoms with E-state index in [1.54, 1.807) is 0 Å². The van der Waals surface area contributed by atoms with Crippen molar-refractivity contribution in [2.75, 3.05) is 6.54 Å². The zero-order valence-electron chi connectivity index (χ0n) is 7.68. The van der Waals surface area contributed by atoms with Crippen LogP contribution in [0.2, 0.25) is 0 Å². The van der Waals surface area contributed by atoms with E-state index >= 15 is 0 Å². The third-order valence-electron chi connectivity index (χ3n) is 2.14. The first-order valence-corrected chi connectivity index (χ1v) is 4.64. The van der Waals surface area contributed by atoms with E-state index in [-0.39, 0.29) is 12.3 Å². The summed E-state index contributed by atoms with van der Waals surface area (Å²) in [7, 11) is 0. The zero-order valence-corrected chi connectivity index (χ0v) is 7.68. The van der Waals surface area contributed by atoms with E-state index in [0.717, 1.165) is 6.42 Å². The summed E-state index contributed by atoms with van der Waals surface area (Å²) in [5.41, 5.74) is 1.44. The molecule has 3 heteroatoms. The lowest BCUT2D eigenvalue weighted by atomic mass is 10.2. The van der Waals surface area contributed by atoms with Gasteiger partial charge in [0.05, 0.1) is 6.07 Å². The lowest BCUT2D eigenvalue weighted by Crippen LogP contribution is -2.23. The van der Waals surface area contributed by atoms with E-state index < -0.39 is 0 Å². The molecule has 0 heterocycles. The van der Waals surface area contributed by atoms with E-state index in [9.17, 15) is 4.79 Å². The molecule has 0 atom stereocenters. The number of nitrogens with one attached hydrogen (secondary N) is 1. The van der Waals surface area contributed by atoms with Crippen LogP contribution in [0.15, 0.2) is 11.6 Å². The molecule has 0 aliphatic heterocycles. The van der Waals surface area contributed by atoms with Crippen LogP contribution in [-0.2, 0) is 4.79 Å². The summed E-state index contributed by atoms with van der Waals surface area (Å²) in [6.45, 7) is 0.673. The van der Waals surface area contributed by atoms with Crippen LogP contribution in [0, 0.1) is 11.3 Å². The molecule has 3 nitrogen and oxygen atoms in total. The highest BCUT2D eigenvalue weighted by atomic mass is 16.1. The van der Waals surface area contributed by atoms with Gasteiger partial charge < -0.3 is 5.32 Å². The third-order valence-corrected chi connectivity index (χ3v) is 2.14. The molecule has 0 aromatic rings. The standard InChI is InChI=1S/C10H14N2O/c11-7-5-10(13)12-8-6-9-3-1-2-4-9/h3H,1-2,4-6,8H2,(H,12,13). The first-order chi connectivity index (χ1) is 6.33. The molecule has 70 valence electrons. The van der Waals surface area contributed by atoms with Crippen LogP contribution >= 0.6 is 0 Å². The zero-order chi connectivity index (χ0) is 9.52. The van der Waals surface area contributed by atoms with Gasteiger partial charge in [-0.1, -0.05) is 11.6 Å². The Hall–Kier alpha value is -1.30. The van der Waals surface area contributed by atoms with Crippen molar-refractivity contribution in [2.45, 2.75) is 32.1 Å². The van der Waals surface area contributed by atoms with Gasteiger partial charge in [-0.3, -0.25) is 4.79 Å². The van der Waals surface area contributed by atoms with Crippen LogP contribution in [0.25, 0.3) is 0 Å². The van der Waals surface area contributed by atoms with Crippen molar-refractivity contribution in [1.29, 1.82) is 5.26 Å². The van der Waals surface area contributed by atoms with Gasteiger partial charge in [0, 0.05) is 6.54 Å². The lowest BCUT2D eigenvalue weighted by molar-refractivity contribution is -0.120. The molecule has 1 amide bonds. The largest absolute Gasteiger partial charge is 0.355 e. The number of nitriles is 1. The number of rotatable bonds is 4. The average Bonchev–Trinajstić information content (AvgIpc) is 2.57. The van der Waals surface area contributed by atoms with E-state index in [4.69, 9.17) is 5.26 Å². The number of nitrogens with zero attached hydrogens (tertiary/aromatic N) is 1. The van der Waals surface area contributed by atoms with Crippen molar-refractivity contribution in [3.8, 4) is 6.07 Å². The minimum absolute atomic E-state index is 0.0287. The predicted molar refractivity (Wildman–Crippen MR) is 49.8 cm³/mol. The molecule has 0 aromatic carbocycles. The van der Waals surface area contributed by atoms with Crippen molar-refractivity contribution in [1.82, 2.24) is 5.32 Å². The predicted octanol–water partition coefficient (Wildman–Crippen LogP) is 1.52. The monoisotopic (exact) mass is 178 g/mol. The summed E-state index contributed by atoms with van der Waals surface area (Å²) in [5.74, 6) is -0.166. The summed E-state index contributed by atoms with van der Waals surface area (Å²) >= 11 is 0. The first kappa shape index (κ1) is 9.79. The number of amides is 1. The number of hydrogen-bond donors (Lipinski definition) is 1. The molecule has 1 N–H and O–H groups in total. The van der Waals surface area contributed by atoms with Crippen LogP contribution in [0.5, 0.6) is 0 Å². The fraction of sp³-hybridized carbons (Fsp3) is 0.600. The third kappa shape index (κ3) is 3.75. The van der Waals surface area contributed by atoms with Crippen molar-refractivity contribution < 1.29 is 4.79 Å². The fourth-order valence-electron chi connectivity index (χ4n) is 1.46. The van der Waals surface area contributed by atoms with Gasteiger partial charge in [0.1, 0.15) is 6.42 Å². The molecule has 1 aliphatic carbocycles. The summed E-state index contributed by atoms with van der Waals surface area (Å²) in [4.78, 5) is 10.9. The highest BCUT2D eigenvalue weighted by Gasteiger charge is 2.04. The lowest BCUT2D eigenvalue weighted by Gasteiger charge is -2.02. The Morgan fingerprint density at radius 1 is 1.69 bits per heavy atom. The molecular formula is C10H14N2O. The van der Waals surface area contributed by atoms with Crippen LogP contribution in [0.4, 0.5) is 0 Å². The van der Waals surface area contributed by atoms with Gasteiger partial charge in [-0.15, -0.1) is 0 Å². The maximum atomic E-state index is 10.9. The molecule has 0 bridgehead atoms. The van der Waals surface area contributed by atoms with Crippen LogP contribution in [-0.4, -0.2) is 12.5 Å². The second-order valence-electron chi connectivity index (χ2n) is 3.19. The molecule has 0 aromatic heterocycles. The smallest absolute Gasteiger partial charge is 0.234 e. The summed E-state index contributed by atoms with van der Waals surface area (Å²) < 4.78 is 0. The summed E-state index contributed by atoms with van der Waals surface area (Å²) in [5, 5.41) is 10.9. The molecule has 0 spiro atoms. The van der Waals surface area contributed by atoms with Gasteiger partial charge in [-0.05, 0) is 25.7 Å². The second kappa shape index (κ2) is 5.36. The minimum atomic E-state index is -0.166. The Kier molecular flexibility index (Phi) is 4.04. The van der Waals surface area contributed by atoms with Crippen LogP contribution < -0.4 is 5.32 Å². The molecule has 1 aliphatic rings. The Bertz CT molecular complexity index is 250. The number of carbonyl (C=O) groups excluding carboxylic acids is 1. The highest BCUT2D eigenvalue weighted by Crippen LogP contribution is 2.19. The van der Waals surface area contributed by atoms with Gasteiger partial charge in [-0.2, -0.15) is 5.26 Å². The van der Waals surface area contributed by atoms with E-state index in [2.05, 4.69) is 11.4 Å². The topological polar surface area (TPSA) is 52.9 Å². The SMILES string of the molecule is N#CCC(=O)NCCC1=CCCC1. The molecule has 0 saturated heterocycles. The van der Waals surface area contributed by atoms with Crippen LogP contribution in [0.3, 0.4) is 0 Å². The quantitative estimate of drug-likeness (QED) is 0.663. The maximum absolute atomic E-state index is 10.9. The Labute approximate surface area is 78.4 Å². The van der Waals surface area contributed by atoms with Crippen LogP contribution in [0.1, 0.15) is 32.1 Å². The molecule has 0 unspecified atom stereocenters. The molecule has 0 radical (unpaired) electrons. The normalized spacial score (nSPS) is 14.8. The number of carbonyl (C=O) groups is 1. The Morgan fingerprint density at radius 2 is 2.54 bits per heavy atom. The van der Waals surface area contributed by atoms with Gasteiger partial charge in [0.25, 0.3) is 0 Å². The van der Waals surface area contributed by atoms with Gasteiger partial charge in [0.15, 0.2) is 0 Å². The fourth-order valence-corrected chi connectivity index (χ4v) is 1.46. The number of allylic oxidation sites excluding steroid dienone is 1. The molecule has 1 rings (SSSR count). The van der Waals surface area contributed by atoms with Crippen molar-refractivity contribution >= 4 is 5.91 Å². The number of hydrogen-bond acceptors (Lipinski definition) is 2. The van der Waals surface area contributed by atoms with E-state index in [1.807, 2.05) is 6.07 Å². The molecular weight excluding hydrogens is 164 g/mol. The Balaban J connectivity index is 2.07. The Morgan fingerprint density at radius 3 is 3.15 bits per heavy atom. The van der Waals surface area contributed by atoms with Gasteiger partial charge in [-0.25, -0.2) is 0 Å². The first-order valence-electron chi connectivity index (χ1n) is 4.64. The van der Waals surface area contributed by atoms with Crippen molar-refractivity contribution in [3.63, 3.8) is 0 Å². The van der Waals surface area contributed by atoms with Crippen molar-refractivity contribution in [2.24, 2.45) is 0 Å². The van der Waals surface area contributed by atoms with Gasteiger partial charge >= 0.3 is 0 Å². The molecule has 13 heavy (non-hydrogen) atoms. The average molecular weight is 178 g/mol. The van der Waals surface area contributed by atoms with Crippen molar-refractivity contribution in [3.05, 3.63) is 11.6 Å². The summed E-state index contributed by atoms with van der Waals surface area (Å²) in [6, 6.07) is 1.82. The second-order valence-corrected chi connectivity index (χ2v) is 3.19. The summed E-state index contributed by atoms with van der Waals surface area (Å²) in [6.07, 6.45) is 6.77. The maximum Gasteiger partial charge on any atom is 0.234 e. The molecule has 0 fully saturated rings. The highest BCUT2D eigenvalue weighted by molar-refractivity contribution is 5.77. The minimum Gasteiger partial charge on any atom is -0.355 e. The van der Waals surface area contributed by atoms with E-state index in [0.29, 0.717) is 6.54 Å². The molecule has 0 saturated carbocycles. The van der Waals surface area contributed by atoms with E-state index in [1.165, 1.54) is 24.8 Å². The van der Waals surface area contributed by atoms with Gasteiger partial charge in [0.2, 0.25) is 5.91 Å².